The summed E-state index contributed by atoms with van der Waals surface area (Å²) in [5.41, 5.74) is -0.540. The Bertz CT molecular complexity index is 272. The summed E-state index contributed by atoms with van der Waals surface area (Å²) in [5.74, 6) is 0. The van der Waals surface area contributed by atoms with Gasteiger partial charge in [0, 0.05) is 7.11 Å². The number of rotatable bonds is 2. The fraction of sp³-hybridized carbons (Fsp3) is 0.917. The van der Waals surface area contributed by atoms with Gasteiger partial charge in [-0.25, -0.2) is 4.79 Å². The molecule has 1 saturated heterocycles. The molecule has 17 heavy (non-hydrogen) atoms. The lowest BCUT2D eigenvalue weighted by Gasteiger charge is -2.32. The molecule has 0 aliphatic carbocycles. The molecule has 2 unspecified atom stereocenters. The molecule has 0 aromatic heterocycles. The first kappa shape index (κ1) is 14.3. The van der Waals surface area contributed by atoms with Crippen LogP contribution < -0.4 is 0 Å². The molecule has 0 radical (unpaired) electrons. The average Bonchev–Trinajstić information content (AvgIpc) is 2.57. The smallest absolute Gasteiger partial charge is 0.412 e. The number of amides is 1. The number of nitrogens with zero attached hydrogens (tertiary/aromatic N) is 1. The quantitative estimate of drug-likeness (QED) is 0.805. The third kappa shape index (κ3) is 3.57. The van der Waals surface area contributed by atoms with E-state index in [1.54, 1.807) is 14.0 Å². The number of hydrogen-bond acceptors (Lipinski definition) is 4. The molecule has 1 N–H and O–H groups in total. The van der Waals surface area contributed by atoms with Crippen LogP contribution in [-0.2, 0) is 9.47 Å². The zero-order chi connectivity index (χ0) is 13.2. The second-order valence-corrected chi connectivity index (χ2v) is 5.46. The first-order valence-corrected chi connectivity index (χ1v) is 5.98. The minimum absolute atomic E-state index is 0.227. The fourth-order valence-electron chi connectivity index (χ4n) is 2.08. The van der Waals surface area contributed by atoms with E-state index in [2.05, 4.69) is 0 Å². The van der Waals surface area contributed by atoms with Crippen LogP contribution in [0.15, 0.2) is 0 Å². The fourth-order valence-corrected chi connectivity index (χ4v) is 2.08. The second-order valence-electron chi connectivity index (χ2n) is 5.46. The Labute approximate surface area is 103 Å². The number of methoxy groups -OCH3 is 1. The number of carbonyl (C=O) groups is 1. The van der Waals surface area contributed by atoms with Crippen LogP contribution in [0.2, 0.25) is 0 Å². The number of likely N-dealkylation sites (tertiary alicyclic amines) is 1. The van der Waals surface area contributed by atoms with E-state index >= 15 is 0 Å². The van der Waals surface area contributed by atoms with Gasteiger partial charge in [-0.1, -0.05) is 0 Å². The van der Waals surface area contributed by atoms with Crippen molar-refractivity contribution in [3.05, 3.63) is 0 Å². The Morgan fingerprint density at radius 1 is 1.41 bits per heavy atom. The van der Waals surface area contributed by atoms with E-state index < -0.39 is 17.8 Å². The van der Waals surface area contributed by atoms with E-state index in [0.29, 0.717) is 0 Å². The number of aliphatic hydroxyl groups excluding tert-OH is 1. The summed E-state index contributed by atoms with van der Waals surface area (Å²) >= 11 is 0. The lowest BCUT2D eigenvalue weighted by molar-refractivity contribution is -0.0558. The van der Waals surface area contributed by atoms with Crippen LogP contribution in [0.5, 0.6) is 0 Å². The summed E-state index contributed by atoms with van der Waals surface area (Å²) in [6.45, 7) is 7.14. The van der Waals surface area contributed by atoms with Gasteiger partial charge in [0.15, 0.2) is 0 Å². The number of carbonyl (C=O) groups excluding carboxylic acids is 1. The van der Waals surface area contributed by atoms with Crippen molar-refractivity contribution in [3.8, 4) is 0 Å². The van der Waals surface area contributed by atoms with Crippen LogP contribution in [0.4, 0.5) is 4.79 Å². The molecule has 5 nitrogen and oxygen atoms in total. The van der Waals surface area contributed by atoms with Gasteiger partial charge in [-0.05, 0) is 40.5 Å². The average molecular weight is 245 g/mol. The predicted octanol–water partition coefficient (Wildman–Crippen LogP) is 1.74. The first-order valence-electron chi connectivity index (χ1n) is 5.98. The van der Waals surface area contributed by atoms with Crippen LogP contribution >= 0.6 is 0 Å². The van der Waals surface area contributed by atoms with Crippen molar-refractivity contribution in [3.63, 3.8) is 0 Å². The lowest BCUT2D eigenvalue weighted by Crippen LogP contribution is -2.48. The molecule has 0 spiro atoms. The molecule has 3 atom stereocenters. The van der Waals surface area contributed by atoms with E-state index in [1.807, 2.05) is 20.8 Å². The minimum atomic E-state index is -0.581. The highest BCUT2D eigenvalue weighted by atomic mass is 16.6. The summed E-state index contributed by atoms with van der Waals surface area (Å²) in [7, 11) is 1.56. The second kappa shape index (κ2) is 5.23. The van der Waals surface area contributed by atoms with Crippen molar-refractivity contribution in [1.29, 1.82) is 0 Å². The Morgan fingerprint density at radius 2 is 2.00 bits per heavy atom. The summed E-state index contributed by atoms with van der Waals surface area (Å²) in [6, 6.07) is -0.227. The maximum absolute atomic E-state index is 12.1. The first-order chi connectivity index (χ1) is 7.76. The monoisotopic (exact) mass is 245 g/mol. The van der Waals surface area contributed by atoms with E-state index in [0.717, 1.165) is 12.8 Å². The molecule has 0 saturated carbocycles. The van der Waals surface area contributed by atoms with Gasteiger partial charge in [0.25, 0.3) is 0 Å². The highest BCUT2D eigenvalue weighted by Crippen LogP contribution is 2.28. The molecule has 1 heterocycles. The zero-order valence-corrected chi connectivity index (χ0v) is 11.3. The minimum Gasteiger partial charge on any atom is -0.444 e. The summed E-state index contributed by atoms with van der Waals surface area (Å²) in [5, 5.41) is 9.68. The molecule has 0 bridgehead atoms. The van der Waals surface area contributed by atoms with Gasteiger partial charge in [0.2, 0.25) is 0 Å². The van der Waals surface area contributed by atoms with Gasteiger partial charge in [0.1, 0.15) is 11.8 Å². The van der Waals surface area contributed by atoms with Crippen molar-refractivity contribution >= 4 is 6.09 Å². The molecule has 0 aromatic carbocycles. The maximum Gasteiger partial charge on any atom is 0.412 e. The Hall–Kier alpha value is -0.810. The van der Waals surface area contributed by atoms with Gasteiger partial charge in [-0.15, -0.1) is 0 Å². The SMILES string of the molecule is COC1CC[C@@H](C(C)O)N1C(=O)OC(C)(C)C. The molecule has 0 aromatic rings. The molecular formula is C12H23NO4. The number of aliphatic hydroxyl groups is 1. The molecule has 1 rings (SSSR count). The standard InChI is InChI=1S/C12H23NO4/c1-8(14)9-6-7-10(16-5)13(9)11(15)17-12(2,3)4/h8-10,14H,6-7H2,1-5H3/t8?,9-,10?/m0/s1. The zero-order valence-electron chi connectivity index (χ0n) is 11.3. The summed E-state index contributed by atoms with van der Waals surface area (Å²) < 4.78 is 10.6. The van der Waals surface area contributed by atoms with E-state index in [9.17, 15) is 9.90 Å². The third-order valence-electron chi connectivity index (χ3n) is 2.81. The van der Waals surface area contributed by atoms with Gasteiger partial charge in [-0.3, -0.25) is 4.90 Å². The van der Waals surface area contributed by atoms with Crippen LogP contribution in [0.1, 0.15) is 40.5 Å². The lowest BCUT2D eigenvalue weighted by atomic mass is 10.1. The van der Waals surface area contributed by atoms with Gasteiger partial charge >= 0.3 is 6.09 Å². The van der Waals surface area contributed by atoms with Crippen molar-refractivity contribution in [1.82, 2.24) is 4.90 Å². The summed E-state index contributed by atoms with van der Waals surface area (Å²) in [6.07, 6.45) is 0.153. The van der Waals surface area contributed by atoms with Crippen molar-refractivity contribution in [2.75, 3.05) is 7.11 Å². The van der Waals surface area contributed by atoms with E-state index in [-0.39, 0.29) is 12.3 Å². The Morgan fingerprint density at radius 3 is 2.41 bits per heavy atom. The molecule has 1 aliphatic heterocycles. The Balaban J connectivity index is 2.78. The highest BCUT2D eigenvalue weighted by molar-refractivity contribution is 5.69. The van der Waals surface area contributed by atoms with Crippen LogP contribution in [0.3, 0.4) is 0 Å². The largest absolute Gasteiger partial charge is 0.444 e. The van der Waals surface area contributed by atoms with E-state index in [4.69, 9.17) is 9.47 Å². The van der Waals surface area contributed by atoms with E-state index in [1.165, 1.54) is 4.90 Å². The van der Waals surface area contributed by atoms with Crippen LogP contribution in [0.25, 0.3) is 0 Å². The molecule has 5 heteroatoms. The Kier molecular flexibility index (Phi) is 4.38. The van der Waals surface area contributed by atoms with Crippen LogP contribution in [0, 0.1) is 0 Å². The summed E-state index contributed by atoms with van der Waals surface area (Å²) in [4.78, 5) is 13.6. The molecule has 1 aliphatic rings. The number of ether oxygens (including phenoxy) is 2. The molecule has 100 valence electrons. The van der Waals surface area contributed by atoms with Crippen molar-refractivity contribution < 1.29 is 19.4 Å². The van der Waals surface area contributed by atoms with Crippen molar-refractivity contribution in [2.24, 2.45) is 0 Å². The van der Waals surface area contributed by atoms with Crippen molar-refractivity contribution in [2.45, 2.75) is 64.5 Å². The molecular weight excluding hydrogens is 222 g/mol. The van der Waals surface area contributed by atoms with Gasteiger partial charge in [0.05, 0.1) is 12.1 Å². The highest BCUT2D eigenvalue weighted by Gasteiger charge is 2.41. The molecule has 1 amide bonds. The van der Waals surface area contributed by atoms with Gasteiger partial charge < -0.3 is 14.6 Å². The number of hydrogen-bond donors (Lipinski definition) is 1. The topological polar surface area (TPSA) is 59.0 Å². The van der Waals surface area contributed by atoms with Gasteiger partial charge in [-0.2, -0.15) is 0 Å². The predicted molar refractivity (Wildman–Crippen MR) is 63.6 cm³/mol. The molecule has 1 fully saturated rings. The third-order valence-corrected chi connectivity index (χ3v) is 2.81. The van der Waals surface area contributed by atoms with Crippen LogP contribution in [-0.4, -0.2) is 47.2 Å². The maximum atomic E-state index is 12.1. The normalized spacial score (nSPS) is 27.1.